The van der Waals surface area contributed by atoms with Crippen molar-refractivity contribution in [2.24, 2.45) is 0 Å². The molecule has 6 aromatic rings. The first-order chi connectivity index (χ1) is 37.1. The molecule has 5 aromatic carbocycles. The van der Waals surface area contributed by atoms with Crippen LogP contribution >= 0.6 is 0 Å². The van der Waals surface area contributed by atoms with Crippen LogP contribution in [0.2, 0.25) is 0 Å². The van der Waals surface area contributed by atoms with E-state index in [4.69, 9.17) is 9.47 Å². The van der Waals surface area contributed by atoms with Crippen molar-refractivity contribution < 1.29 is 38.2 Å². The third-order valence-corrected chi connectivity index (χ3v) is 15.0. The van der Waals surface area contributed by atoms with Crippen LogP contribution in [0.15, 0.2) is 140 Å². The van der Waals surface area contributed by atoms with E-state index in [1.807, 2.05) is 133 Å². The summed E-state index contributed by atoms with van der Waals surface area (Å²) in [5.41, 5.74) is 5.97. The number of rotatable bonds is 12. The highest BCUT2D eigenvalue weighted by atomic mass is 16.5. The molecule has 10 rings (SSSR count). The van der Waals surface area contributed by atoms with Gasteiger partial charge in [0.15, 0.2) is 0 Å². The number of hydrogen-bond donors (Lipinski definition) is 6. The van der Waals surface area contributed by atoms with E-state index in [1.165, 1.54) is 9.80 Å². The van der Waals surface area contributed by atoms with Gasteiger partial charge < -0.3 is 50.8 Å². The number of amides is 6. The van der Waals surface area contributed by atoms with Gasteiger partial charge in [0.05, 0.1) is 13.2 Å². The Labute approximate surface area is 442 Å². The summed E-state index contributed by atoms with van der Waals surface area (Å²) in [6.45, 7) is 3.10. The number of morpholine rings is 1. The number of ether oxygens (including phenoxy) is 2. The fraction of sp³-hybridized carbons (Fsp3) is 0.356. The number of aromatic amines is 1. The Balaban J connectivity index is 1.03. The second-order valence-electron chi connectivity index (χ2n) is 20.1. The number of nitrogens with one attached hydrogen (secondary N) is 6. The molecule has 6 N–H and O–H groups in total. The molecule has 0 radical (unpaired) electrons. The Hall–Kier alpha value is -7.86. The van der Waals surface area contributed by atoms with Crippen LogP contribution in [0.4, 0.5) is 0 Å². The molecule has 0 bridgehead atoms. The number of fused-ring (bicyclic) bond motifs is 4. The number of hydrogen-bond acceptors (Lipinski definition) is 10. The number of H-pyrrole nitrogens is 1. The van der Waals surface area contributed by atoms with Gasteiger partial charge in [0, 0.05) is 82.2 Å². The lowest BCUT2D eigenvalue weighted by Gasteiger charge is -2.43. The maximum atomic E-state index is 15.7. The van der Waals surface area contributed by atoms with E-state index in [0.29, 0.717) is 50.5 Å². The normalized spacial score (nSPS) is 23.2. The molecule has 1 aromatic heterocycles. The van der Waals surface area contributed by atoms with Crippen molar-refractivity contribution in [3.05, 3.63) is 173 Å². The topological polar surface area (TPSA) is 207 Å². The Bertz CT molecular complexity index is 3000. The molecule has 5 heterocycles. The van der Waals surface area contributed by atoms with Crippen LogP contribution in [0.25, 0.3) is 10.9 Å². The lowest BCUT2D eigenvalue weighted by atomic mass is 9.91. The van der Waals surface area contributed by atoms with Crippen molar-refractivity contribution in [2.45, 2.75) is 81.5 Å². The van der Waals surface area contributed by atoms with Crippen LogP contribution in [-0.2, 0) is 72.3 Å². The number of aromatic nitrogens is 1. The first kappa shape index (κ1) is 51.6. The molecule has 0 saturated carbocycles. The molecule has 17 heteroatoms. The van der Waals surface area contributed by atoms with Gasteiger partial charge in [-0.25, -0.2) is 0 Å². The zero-order chi connectivity index (χ0) is 52.4. The molecular formula is C59H65N9O8. The summed E-state index contributed by atoms with van der Waals surface area (Å²) in [5, 5.41) is 16.3. The molecule has 17 nitrogen and oxygen atoms in total. The Morgan fingerprint density at radius 1 is 0.553 bits per heavy atom. The molecule has 3 saturated heterocycles. The maximum absolute atomic E-state index is 15.7. The van der Waals surface area contributed by atoms with Crippen LogP contribution in [-0.4, -0.2) is 144 Å². The minimum atomic E-state index is -1.23. The van der Waals surface area contributed by atoms with Gasteiger partial charge in [0.25, 0.3) is 0 Å². The molecule has 0 spiro atoms. The predicted octanol–water partition coefficient (Wildman–Crippen LogP) is 3.20. The van der Waals surface area contributed by atoms with Crippen molar-refractivity contribution in [1.82, 2.24) is 46.3 Å². The van der Waals surface area contributed by atoms with E-state index in [0.717, 1.165) is 38.7 Å². The monoisotopic (exact) mass is 1030 g/mol. The average Bonchev–Trinajstić information content (AvgIpc) is 3.89. The maximum Gasteiger partial charge on any atom is 0.246 e. The van der Waals surface area contributed by atoms with E-state index < -0.39 is 71.7 Å². The molecule has 4 aliphatic rings. The molecular weight excluding hydrogens is 963 g/mol. The second kappa shape index (κ2) is 24.2. The van der Waals surface area contributed by atoms with E-state index >= 15 is 19.2 Å². The molecule has 4 aliphatic heterocycles. The highest BCUT2D eigenvalue weighted by molar-refractivity contribution is 5.99. The second-order valence-corrected chi connectivity index (χ2v) is 20.1. The highest BCUT2D eigenvalue weighted by Gasteiger charge is 2.45. The van der Waals surface area contributed by atoms with Gasteiger partial charge in [-0.1, -0.05) is 115 Å². The van der Waals surface area contributed by atoms with Gasteiger partial charge in [-0.05, 0) is 64.4 Å². The van der Waals surface area contributed by atoms with Crippen molar-refractivity contribution in [3.63, 3.8) is 0 Å². The quantitative estimate of drug-likeness (QED) is 0.106. The summed E-state index contributed by atoms with van der Waals surface area (Å²) in [6, 6.07) is 35.0. The predicted molar refractivity (Wildman–Crippen MR) is 286 cm³/mol. The number of nitrogens with zero attached hydrogens (tertiary/aromatic N) is 3. The van der Waals surface area contributed by atoms with E-state index in [-0.39, 0.29) is 58.5 Å². The summed E-state index contributed by atoms with van der Waals surface area (Å²) < 4.78 is 12.0. The first-order valence-corrected chi connectivity index (χ1v) is 26.4. The molecule has 0 aliphatic carbocycles. The fourth-order valence-electron chi connectivity index (χ4n) is 10.7. The lowest BCUT2D eigenvalue weighted by molar-refractivity contribution is -0.157. The van der Waals surface area contributed by atoms with Gasteiger partial charge >= 0.3 is 0 Å². The Morgan fingerprint density at radius 3 is 1.97 bits per heavy atom. The Kier molecular flexibility index (Phi) is 16.4. The number of aryl methyl sites for hydroxylation is 1. The Morgan fingerprint density at radius 2 is 1.20 bits per heavy atom. The van der Waals surface area contributed by atoms with Gasteiger partial charge in [0.2, 0.25) is 35.4 Å². The molecule has 0 unspecified atom stereocenters. The number of benzene rings is 5. The zero-order valence-electron chi connectivity index (χ0n) is 42.5. The fourth-order valence-corrected chi connectivity index (χ4v) is 10.7. The number of para-hydroxylation sites is 1. The van der Waals surface area contributed by atoms with Crippen LogP contribution < -0.4 is 31.3 Å². The number of carbonyl (C=O) groups excluding carboxylic acids is 6. The van der Waals surface area contributed by atoms with Crippen LogP contribution in [0.1, 0.15) is 39.8 Å². The third-order valence-electron chi connectivity index (χ3n) is 15.0. The lowest BCUT2D eigenvalue weighted by Crippen LogP contribution is -2.66. The molecule has 3 fully saturated rings. The SMILES string of the molecule is O=C1N[C@@H](Cc2ccc(OCc3ccccc3)cc2)C(=O)N2Cc3ccccc3C[C@H]2C(=O)N2CCOC[C@H]2C(=O)N[C@@H](CCc2ccccc2)C(=O)N[C@H](Cc2c[nH]c3ccccc23)C(=O)N[C@H]1CN1CCNCC1. The summed E-state index contributed by atoms with van der Waals surface area (Å²) >= 11 is 0. The van der Waals surface area contributed by atoms with E-state index in [2.05, 4.69) is 36.5 Å². The largest absolute Gasteiger partial charge is 0.489 e. The van der Waals surface area contributed by atoms with Crippen molar-refractivity contribution in [2.75, 3.05) is 52.5 Å². The molecule has 6 atom stereocenters. The highest BCUT2D eigenvalue weighted by Crippen LogP contribution is 2.28. The standard InChI is InChI=1S/C59H65N9O8/c69-54-48(24-21-39-11-3-1-4-12-39)62-57(72)53-38-75-30-29-67(53)59(74)52-33-42-15-7-8-16-43(42)35-68(52)58(73)50(31-40-19-22-45(23-20-40)76-37-41-13-5-2-6-14-41)64-56(71)51(36-66-27-25-60-26-28-66)65-55(70)49(63-54)32-44-34-61-47-18-10-9-17-46(44)47/h1-20,22-23,34,48-53,60-61H,21,24-33,35-38H2,(H,62,72)(H,63,69)(H,64,71)(H,65,70)/t48-,49+,50-,51-,52-,53-/m0/s1. The molecule has 6 amide bonds. The molecule has 394 valence electrons. The van der Waals surface area contributed by atoms with Crippen LogP contribution in [0, 0.1) is 0 Å². The van der Waals surface area contributed by atoms with Crippen molar-refractivity contribution >= 4 is 46.3 Å². The third kappa shape index (κ3) is 12.4. The summed E-state index contributed by atoms with van der Waals surface area (Å²) in [4.78, 5) is 99.4. The first-order valence-electron chi connectivity index (χ1n) is 26.4. The van der Waals surface area contributed by atoms with Gasteiger partial charge in [-0.3, -0.25) is 33.7 Å². The van der Waals surface area contributed by atoms with Crippen LogP contribution in [0.3, 0.4) is 0 Å². The average molecular weight is 1030 g/mol. The number of carbonyl (C=O) groups is 6. The summed E-state index contributed by atoms with van der Waals surface area (Å²) in [6.07, 6.45) is 2.58. The van der Waals surface area contributed by atoms with Crippen LogP contribution in [0.5, 0.6) is 5.75 Å². The zero-order valence-corrected chi connectivity index (χ0v) is 42.5. The van der Waals surface area contributed by atoms with E-state index in [9.17, 15) is 9.59 Å². The number of piperazine rings is 1. The van der Waals surface area contributed by atoms with Crippen molar-refractivity contribution in [3.8, 4) is 5.75 Å². The summed E-state index contributed by atoms with van der Waals surface area (Å²) in [5.74, 6) is -2.78. The van der Waals surface area contributed by atoms with Crippen molar-refractivity contribution in [1.29, 1.82) is 0 Å². The van der Waals surface area contributed by atoms with E-state index in [1.54, 1.807) is 6.20 Å². The minimum absolute atomic E-state index is 0.0309. The van der Waals surface area contributed by atoms with Gasteiger partial charge in [0.1, 0.15) is 48.6 Å². The van der Waals surface area contributed by atoms with Gasteiger partial charge in [-0.15, -0.1) is 0 Å². The smallest absolute Gasteiger partial charge is 0.246 e. The van der Waals surface area contributed by atoms with Gasteiger partial charge in [-0.2, -0.15) is 0 Å². The minimum Gasteiger partial charge on any atom is -0.489 e. The summed E-state index contributed by atoms with van der Waals surface area (Å²) in [7, 11) is 0. The molecule has 76 heavy (non-hydrogen) atoms.